The lowest BCUT2D eigenvalue weighted by Crippen LogP contribution is -2.35. The molecule has 0 heterocycles. The van der Waals surface area contributed by atoms with Crippen LogP contribution in [0.5, 0.6) is 0 Å². The average Bonchev–Trinajstić information content (AvgIpc) is 2.25. The molecule has 0 aliphatic rings. The van der Waals surface area contributed by atoms with Gasteiger partial charge in [-0.15, -0.1) is 0 Å². The molecule has 0 aromatic carbocycles. The predicted octanol–water partition coefficient (Wildman–Crippen LogP) is 1.83. The van der Waals surface area contributed by atoms with E-state index in [1.165, 1.54) is 0 Å². The number of hydrogen-bond donors (Lipinski definition) is 1. The van der Waals surface area contributed by atoms with E-state index in [0.29, 0.717) is 25.6 Å². The van der Waals surface area contributed by atoms with E-state index in [1.807, 2.05) is 6.92 Å². The Kier molecular flexibility index (Phi) is 8.82. The number of nitrogens with one attached hydrogen (secondary N) is 1. The number of unbranched alkanes of at least 4 members (excludes halogenated alkanes) is 1. The van der Waals surface area contributed by atoms with Crippen molar-refractivity contribution in [1.29, 1.82) is 0 Å². The second-order valence-corrected chi connectivity index (χ2v) is 6.71. The standard InChI is InChI=1S/C12H28N2O2S/c1-5-7-10-14(6-2)17(15,16)11-8-9-13-12(3)4/h12-13H,5-11H2,1-4H3. The monoisotopic (exact) mass is 264 g/mol. The van der Waals surface area contributed by atoms with Gasteiger partial charge in [0.1, 0.15) is 0 Å². The van der Waals surface area contributed by atoms with Gasteiger partial charge in [0.2, 0.25) is 10.0 Å². The van der Waals surface area contributed by atoms with Gasteiger partial charge in [0.05, 0.1) is 5.75 Å². The molecular formula is C12H28N2O2S. The smallest absolute Gasteiger partial charge is 0.214 e. The summed E-state index contributed by atoms with van der Waals surface area (Å²) < 4.78 is 25.6. The first-order valence-corrected chi connectivity index (χ1v) is 8.26. The van der Waals surface area contributed by atoms with Crippen LogP contribution < -0.4 is 5.32 Å². The van der Waals surface area contributed by atoms with Gasteiger partial charge >= 0.3 is 0 Å². The highest BCUT2D eigenvalue weighted by molar-refractivity contribution is 7.89. The van der Waals surface area contributed by atoms with Crippen molar-refractivity contribution in [3.63, 3.8) is 0 Å². The summed E-state index contributed by atoms with van der Waals surface area (Å²) in [6, 6.07) is 0.417. The molecule has 0 aliphatic carbocycles. The van der Waals surface area contributed by atoms with Gasteiger partial charge in [0.25, 0.3) is 0 Å². The second-order valence-electron chi connectivity index (χ2n) is 4.62. The molecule has 104 valence electrons. The number of rotatable bonds is 10. The molecule has 5 heteroatoms. The van der Waals surface area contributed by atoms with Gasteiger partial charge < -0.3 is 5.32 Å². The molecule has 0 fully saturated rings. The van der Waals surface area contributed by atoms with Gasteiger partial charge in [-0.05, 0) is 19.4 Å². The van der Waals surface area contributed by atoms with Gasteiger partial charge in [-0.1, -0.05) is 34.1 Å². The van der Waals surface area contributed by atoms with Crippen molar-refractivity contribution in [2.45, 2.75) is 53.0 Å². The largest absolute Gasteiger partial charge is 0.314 e. The molecule has 0 aliphatic heterocycles. The van der Waals surface area contributed by atoms with E-state index >= 15 is 0 Å². The number of hydrogen-bond acceptors (Lipinski definition) is 3. The first kappa shape index (κ1) is 16.9. The normalized spacial score (nSPS) is 12.6. The van der Waals surface area contributed by atoms with Gasteiger partial charge in [-0.25, -0.2) is 12.7 Å². The SMILES string of the molecule is CCCCN(CC)S(=O)(=O)CCCNC(C)C. The Morgan fingerprint density at radius 3 is 2.29 bits per heavy atom. The second kappa shape index (κ2) is 8.89. The maximum atomic E-state index is 12.0. The first-order chi connectivity index (χ1) is 7.94. The van der Waals surface area contributed by atoms with Crippen LogP contribution in [0.2, 0.25) is 0 Å². The summed E-state index contributed by atoms with van der Waals surface area (Å²) in [6.07, 6.45) is 2.65. The van der Waals surface area contributed by atoms with Gasteiger partial charge in [0, 0.05) is 19.1 Å². The molecule has 0 bridgehead atoms. The van der Waals surface area contributed by atoms with E-state index in [0.717, 1.165) is 19.4 Å². The van der Waals surface area contributed by atoms with E-state index < -0.39 is 10.0 Å². The fourth-order valence-corrected chi connectivity index (χ4v) is 3.17. The fourth-order valence-electron chi connectivity index (χ4n) is 1.60. The zero-order chi connectivity index (χ0) is 13.3. The molecule has 0 saturated heterocycles. The van der Waals surface area contributed by atoms with Crippen molar-refractivity contribution in [2.24, 2.45) is 0 Å². The van der Waals surface area contributed by atoms with Crippen LogP contribution in [0.15, 0.2) is 0 Å². The minimum absolute atomic E-state index is 0.254. The summed E-state index contributed by atoms with van der Waals surface area (Å²) in [5.41, 5.74) is 0. The third kappa shape index (κ3) is 7.73. The molecule has 0 aromatic heterocycles. The highest BCUT2D eigenvalue weighted by Gasteiger charge is 2.18. The van der Waals surface area contributed by atoms with Crippen LogP contribution in [-0.4, -0.2) is 44.2 Å². The average molecular weight is 264 g/mol. The number of nitrogens with zero attached hydrogens (tertiary/aromatic N) is 1. The Morgan fingerprint density at radius 2 is 1.82 bits per heavy atom. The highest BCUT2D eigenvalue weighted by Crippen LogP contribution is 2.05. The van der Waals surface area contributed by atoms with Crippen LogP contribution in [0.3, 0.4) is 0 Å². The van der Waals surface area contributed by atoms with E-state index in [1.54, 1.807) is 4.31 Å². The van der Waals surface area contributed by atoms with Crippen molar-refractivity contribution in [1.82, 2.24) is 9.62 Å². The molecule has 0 unspecified atom stereocenters. The van der Waals surface area contributed by atoms with E-state index in [9.17, 15) is 8.42 Å². The third-order valence-electron chi connectivity index (χ3n) is 2.64. The lowest BCUT2D eigenvalue weighted by molar-refractivity contribution is 0.417. The maximum absolute atomic E-state index is 12.0. The zero-order valence-corrected chi connectivity index (χ0v) is 12.5. The summed E-state index contributed by atoms with van der Waals surface area (Å²) in [6.45, 7) is 10.1. The minimum atomic E-state index is -3.05. The maximum Gasteiger partial charge on any atom is 0.214 e. The Bertz CT molecular complexity index is 276. The predicted molar refractivity (Wildman–Crippen MR) is 73.7 cm³/mol. The summed E-state index contributed by atoms with van der Waals surface area (Å²) in [5.74, 6) is 0.254. The lowest BCUT2D eigenvalue weighted by Gasteiger charge is -2.20. The van der Waals surface area contributed by atoms with Crippen molar-refractivity contribution in [3.05, 3.63) is 0 Å². The van der Waals surface area contributed by atoms with Crippen LogP contribution >= 0.6 is 0 Å². The first-order valence-electron chi connectivity index (χ1n) is 6.65. The molecule has 0 rings (SSSR count). The van der Waals surface area contributed by atoms with Crippen molar-refractivity contribution < 1.29 is 8.42 Å². The Morgan fingerprint density at radius 1 is 1.18 bits per heavy atom. The van der Waals surface area contributed by atoms with Crippen molar-refractivity contribution in [2.75, 3.05) is 25.4 Å². The quantitative estimate of drug-likeness (QED) is 0.612. The number of sulfonamides is 1. The molecule has 0 saturated carbocycles. The summed E-state index contributed by atoms with van der Waals surface area (Å²) in [7, 11) is -3.05. The van der Waals surface area contributed by atoms with Crippen LogP contribution in [-0.2, 0) is 10.0 Å². The summed E-state index contributed by atoms with van der Waals surface area (Å²) >= 11 is 0. The molecule has 0 radical (unpaired) electrons. The topological polar surface area (TPSA) is 49.4 Å². The van der Waals surface area contributed by atoms with E-state index in [2.05, 4.69) is 26.1 Å². The van der Waals surface area contributed by atoms with E-state index in [4.69, 9.17) is 0 Å². The molecule has 1 N–H and O–H groups in total. The highest BCUT2D eigenvalue weighted by atomic mass is 32.2. The van der Waals surface area contributed by atoms with Gasteiger partial charge in [-0.3, -0.25) is 0 Å². The Hall–Kier alpha value is -0.130. The van der Waals surface area contributed by atoms with Crippen LogP contribution in [0.4, 0.5) is 0 Å². The molecule has 4 nitrogen and oxygen atoms in total. The molecular weight excluding hydrogens is 236 g/mol. The van der Waals surface area contributed by atoms with Crippen molar-refractivity contribution >= 4 is 10.0 Å². The van der Waals surface area contributed by atoms with Gasteiger partial charge in [0.15, 0.2) is 0 Å². The minimum Gasteiger partial charge on any atom is -0.314 e. The fraction of sp³-hybridized carbons (Fsp3) is 1.00. The summed E-state index contributed by atoms with van der Waals surface area (Å²) in [4.78, 5) is 0. The lowest BCUT2D eigenvalue weighted by atomic mass is 10.3. The molecule has 17 heavy (non-hydrogen) atoms. The van der Waals surface area contributed by atoms with Gasteiger partial charge in [-0.2, -0.15) is 0 Å². The molecule has 0 aromatic rings. The van der Waals surface area contributed by atoms with Crippen LogP contribution in [0, 0.1) is 0 Å². The molecule has 0 spiro atoms. The Labute approximate surface area is 107 Å². The van der Waals surface area contributed by atoms with Crippen molar-refractivity contribution in [3.8, 4) is 0 Å². The molecule has 0 amide bonds. The zero-order valence-electron chi connectivity index (χ0n) is 11.7. The third-order valence-corrected chi connectivity index (χ3v) is 4.67. The Balaban J connectivity index is 4.06. The summed E-state index contributed by atoms with van der Waals surface area (Å²) in [5, 5.41) is 3.24. The van der Waals surface area contributed by atoms with E-state index in [-0.39, 0.29) is 5.75 Å². The molecule has 0 atom stereocenters. The van der Waals surface area contributed by atoms with Crippen LogP contribution in [0.25, 0.3) is 0 Å². The van der Waals surface area contributed by atoms with Crippen LogP contribution in [0.1, 0.15) is 47.0 Å².